The lowest BCUT2D eigenvalue weighted by Gasteiger charge is -2.11. The Balaban J connectivity index is 2.71. The summed E-state index contributed by atoms with van der Waals surface area (Å²) in [7, 11) is 0. The first-order valence-corrected chi connectivity index (χ1v) is 4.28. The standard InChI is InChI=1S/C8H12N2O3/c1-3-5(7(12)13)6(11)8(4-2)9-10-8/h5H,3-4H2,1-2H3,(H,12,13). The molecule has 1 aliphatic rings. The molecular weight excluding hydrogens is 172 g/mol. The van der Waals surface area contributed by atoms with Crippen molar-refractivity contribution in [3.63, 3.8) is 0 Å². The van der Waals surface area contributed by atoms with Gasteiger partial charge < -0.3 is 5.11 Å². The monoisotopic (exact) mass is 184 g/mol. The van der Waals surface area contributed by atoms with Crippen molar-refractivity contribution in [2.45, 2.75) is 32.4 Å². The number of hydrogen-bond acceptors (Lipinski definition) is 4. The average Bonchev–Trinajstić information content (AvgIpc) is 2.84. The van der Waals surface area contributed by atoms with Crippen LogP contribution in [0.4, 0.5) is 0 Å². The molecular formula is C8H12N2O3. The van der Waals surface area contributed by atoms with Gasteiger partial charge in [-0.05, 0) is 6.42 Å². The second-order valence-electron chi connectivity index (χ2n) is 3.03. The predicted octanol–water partition coefficient (Wildman–Crippen LogP) is 1.24. The molecule has 1 rings (SSSR count). The molecule has 0 radical (unpaired) electrons. The number of carbonyl (C=O) groups excluding carboxylic acids is 1. The van der Waals surface area contributed by atoms with E-state index in [-0.39, 0.29) is 5.78 Å². The van der Waals surface area contributed by atoms with Crippen molar-refractivity contribution >= 4 is 11.8 Å². The second kappa shape index (κ2) is 3.24. The van der Waals surface area contributed by atoms with E-state index in [2.05, 4.69) is 10.2 Å². The molecule has 0 aromatic rings. The lowest BCUT2D eigenvalue weighted by molar-refractivity contribution is -0.147. The molecule has 0 spiro atoms. The number of rotatable bonds is 5. The number of carboxylic acids is 1. The van der Waals surface area contributed by atoms with Crippen LogP contribution in [-0.4, -0.2) is 22.5 Å². The van der Waals surface area contributed by atoms with Gasteiger partial charge in [-0.2, -0.15) is 10.2 Å². The molecule has 0 saturated carbocycles. The molecule has 5 nitrogen and oxygen atoms in total. The van der Waals surface area contributed by atoms with Crippen LogP contribution in [0.15, 0.2) is 10.2 Å². The summed E-state index contributed by atoms with van der Waals surface area (Å²) in [5.41, 5.74) is -1.01. The van der Waals surface area contributed by atoms with Crippen molar-refractivity contribution < 1.29 is 14.7 Å². The summed E-state index contributed by atoms with van der Waals surface area (Å²) >= 11 is 0. The van der Waals surface area contributed by atoms with Gasteiger partial charge in [0.15, 0.2) is 5.78 Å². The summed E-state index contributed by atoms with van der Waals surface area (Å²) in [6.07, 6.45) is 0.747. The third kappa shape index (κ3) is 1.59. The number of carbonyl (C=O) groups is 2. The molecule has 1 unspecified atom stereocenters. The summed E-state index contributed by atoms with van der Waals surface area (Å²) in [6.45, 7) is 3.44. The van der Waals surface area contributed by atoms with E-state index in [0.29, 0.717) is 12.8 Å². The average molecular weight is 184 g/mol. The fraction of sp³-hybridized carbons (Fsp3) is 0.750. The largest absolute Gasteiger partial charge is 0.481 e. The van der Waals surface area contributed by atoms with E-state index in [4.69, 9.17) is 5.11 Å². The van der Waals surface area contributed by atoms with Gasteiger partial charge in [0, 0.05) is 6.42 Å². The van der Waals surface area contributed by atoms with Gasteiger partial charge in [-0.1, -0.05) is 13.8 Å². The molecule has 0 amide bonds. The number of nitrogens with zero attached hydrogens (tertiary/aromatic N) is 2. The van der Waals surface area contributed by atoms with E-state index in [1.807, 2.05) is 0 Å². The normalized spacial score (nSPS) is 19.5. The van der Waals surface area contributed by atoms with Gasteiger partial charge in [0.25, 0.3) is 0 Å². The maximum Gasteiger partial charge on any atom is 0.314 e. The van der Waals surface area contributed by atoms with Crippen LogP contribution in [-0.2, 0) is 9.59 Å². The molecule has 72 valence electrons. The van der Waals surface area contributed by atoms with Gasteiger partial charge in [-0.25, -0.2) is 0 Å². The van der Waals surface area contributed by atoms with E-state index in [1.165, 1.54) is 0 Å². The fourth-order valence-electron chi connectivity index (χ4n) is 1.23. The number of carboxylic acid groups (broad SMARTS) is 1. The number of Topliss-reactive ketones (excluding diaryl/α,β-unsaturated/α-hetero) is 1. The Labute approximate surface area is 75.9 Å². The Hall–Kier alpha value is -1.26. The van der Waals surface area contributed by atoms with Crippen molar-refractivity contribution in [2.24, 2.45) is 16.1 Å². The number of aliphatic carboxylic acids is 1. The van der Waals surface area contributed by atoms with Crippen LogP contribution in [0.25, 0.3) is 0 Å². The Bertz CT molecular complexity index is 267. The molecule has 1 aliphatic heterocycles. The van der Waals surface area contributed by atoms with Gasteiger partial charge >= 0.3 is 5.97 Å². The SMILES string of the molecule is CCC(C(=O)O)C(=O)C1(CC)N=N1. The highest BCUT2D eigenvalue weighted by Crippen LogP contribution is 2.35. The van der Waals surface area contributed by atoms with E-state index in [9.17, 15) is 9.59 Å². The van der Waals surface area contributed by atoms with Crippen molar-refractivity contribution in [1.82, 2.24) is 0 Å². The molecule has 0 bridgehead atoms. The molecule has 5 heteroatoms. The minimum atomic E-state index is -1.09. The fourth-order valence-corrected chi connectivity index (χ4v) is 1.23. The van der Waals surface area contributed by atoms with Gasteiger partial charge in [-0.3, -0.25) is 9.59 Å². The van der Waals surface area contributed by atoms with Crippen LogP contribution in [0.2, 0.25) is 0 Å². The lowest BCUT2D eigenvalue weighted by Crippen LogP contribution is -2.35. The molecule has 0 fully saturated rings. The zero-order valence-corrected chi connectivity index (χ0v) is 7.65. The van der Waals surface area contributed by atoms with Gasteiger partial charge in [0.05, 0.1) is 0 Å². The van der Waals surface area contributed by atoms with Gasteiger partial charge in [-0.15, -0.1) is 0 Å². The quantitative estimate of drug-likeness (QED) is 0.653. The molecule has 1 heterocycles. The van der Waals surface area contributed by atoms with Crippen LogP contribution in [0, 0.1) is 5.92 Å². The summed E-state index contributed by atoms with van der Waals surface area (Å²) in [5.74, 6) is -2.43. The minimum Gasteiger partial charge on any atom is -0.481 e. The minimum absolute atomic E-state index is 0.293. The topological polar surface area (TPSA) is 79.1 Å². The molecule has 0 aromatic carbocycles. The highest BCUT2D eigenvalue weighted by molar-refractivity contribution is 6.04. The molecule has 0 aliphatic carbocycles. The van der Waals surface area contributed by atoms with Crippen molar-refractivity contribution in [3.8, 4) is 0 Å². The summed E-state index contributed by atoms with van der Waals surface area (Å²) in [6, 6.07) is 0. The predicted molar refractivity (Wildman–Crippen MR) is 44.3 cm³/mol. The smallest absolute Gasteiger partial charge is 0.314 e. The molecule has 1 atom stereocenters. The third-order valence-electron chi connectivity index (χ3n) is 2.25. The highest BCUT2D eigenvalue weighted by atomic mass is 16.4. The molecule has 13 heavy (non-hydrogen) atoms. The highest BCUT2D eigenvalue weighted by Gasteiger charge is 2.50. The molecule has 0 saturated heterocycles. The molecule has 0 aromatic heterocycles. The zero-order valence-electron chi connectivity index (χ0n) is 7.65. The van der Waals surface area contributed by atoms with E-state index < -0.39 is 17.6 Å². The first kappa shape index (κ1) is 9.83. The maximum absolute atomic E-state index is 11.6. The van der Waals surface area contributed by atoms with E-state index in [0.717, 1.165) is 0 Å². The van der Waals surface area contributed by atoms with Crippen molar-refractivity contribution in [1.29, 1.82) is 0 Å². The number of hydrogen-bond donors (Lipinski definition) is 1. The maximum atomic E-state index is 11.6. The van der Waals surface area contributed by atoms with Crippen LogP contribution in [0.5, 0.6) is 0 Å². The van der Waals surface area contributed by atoms with E-state index >= 15 is 0 Å². The Morgan fingerprint density at radius 1 is 1.38 bits per heavy atom. The third-order valence-corrected chi connectivity index (χ3v) is 2.25. The Kier molecular flexibility index (Phi) is 2.45. The summed E-state index contributed by atoms with van der Waals surface area (Å²) in [4.78, 5) is 22.2. The number of ketones is 1. The van der Waals surface area contributed by atoms with Crippen molar-refractivity contribution in [2.75, 3.05) is 0 Å². The zero-order chi connectivity index (χ0) is 10.1. The van der Waals surface area contributed by atoms with Gasteiger partial charge in [0.1, 0.15) is 5.92 Å². The lowest BCUT2D eigenvalue weighted by atomic mass is 9.92. The Morgan fingerprint density at radius 3 is 2.15 bits per heavy atom. The van der Waals surface area contributed by atoms with Gasteiger partial charge in [0.2, 0.25) is 5.66 Å². The Morgan fingerprint density at radius 2 is 1.92 bits per heavy atom. The van der Waals surface area contributed by atoms with Crippen molar-refractivity contribution in [3.05, 3.63) is 0 Å². The molecule has 1 N–H and O–H groups in total. The summed E-state index contributed by atoms with van der Waals surface area (Å²) in [5, 5.41) is 16.0. The van der Waals surface area contributed by atoms with E-state index in [1.54, 1.807) is 13.8 Å². The van der Waals surface area contributed by atoms with Crippen LogP contribution < -0.4 is 0 Å². The second-order valence-corrected chi connectivity index (χ2v) is 3.03. The first-order valence-electron chi connectivity index (χ1n) is 4.28. The van der Waals surface area contributed by atoms with Crippen LogP contribution >= 0.6 is 0 Å². The first-order chi connectivity index (χ1) is 6.07. The summed E-state index contributed by atoms with van der Waals surface area (Å²) < 4.78 is 0. The van der Waals surface area contributed by atoms with Crippen LogP contribution in [0.3, 0.4) is 0 Å². The van der Waals surface area contributed by atoms with Crippen LogP contribution in [0.1, 0.15) is 26.7 Å².